The van der Waals surface area contributed by atoms with Crippen LogP contribution in [0.1, 0.15) is 89.9 Å². The maximum Gasteiger partial charge on any atom is 0.303 e. The number of rotatable bonds is 61. The Morgan fingerprint density at radius 2 is 0.470 bits per heavy atom. The summed E-state index contributed by atoms with van der Waals surface area (Å²) < 4.78 is 82.1. The van der Waals surface area contributed by atoms with Gasteiger partial charge in [-0.1, -0.05) is 57.8 Å². The maximum absolute atomic E-state index is 10.5. The summed E-state index contributed by atoms with van der Waals surface area (Å²) in [5.41, 5.74) is 0. The molecule has 0 saturated carbocycles. The topological polar surface area (TPSA) is 216 Å². The van der Waals surface area contributed by atoms with Crippen LogP contribution in [0.3, 0.4) is 0 Å². The zero-order valence-electron chi connectivity index (χ0n) is 40.8. The van der Waals surface area contributed by atoms with Crippen LogP contribution in [-0.4, -0.2) is 232 Å². The highest BCUT2D eigenvalue weighted by atomic mass is 16.6. The third-order valence-corrected chi connectivity index (χ3v) is 9.45. The second-order valence-corrected chi connectivity index (χ2v) is 15.2. The van der Waals surface area contributed by atoms with Gasteiger partial charge in [0.05, 0.1) is 204 Å². The molecule has 0 spiro atoms. The van der Waals surface area contributed by atoms with Crippen molar-refractivity contribution >= 4 is 5.97 Å². The highest BCUT2D eigenvalue weighted by molar-refractivity contribution is 5.66. The lowest BCUT2D eigenvalue weighted by Crippen LogP contribution is -2.15. The molecule has 0 rings (SSSR count). The number of aliphatic carboxylic acids is 1. The molecule has 19 heteroatoms. The van der Waals surface area contributed by atoms with Crippen molar-refractivity contribution in [2.24, 2.45) is 0 Å². The monoisotopic (exact) mass is 963 g/mol. The average Bonchev–Trinajstić information content (AvgIpc) is 3.31. The molecule has 0 heterocycles. The van der Waals surface area contributed by atoms with Gasteiger partial charge in [-0.2, -0.15) is 0 Å². The summed E-state index contributed by atoms with van der Waals surface area (Å²) in [6.07, 6.45) is 13.6. The first kappa shape index (κ1) is 64.8. The molecule has 0 aliphatic rings. The molecule has 19 nitrogen and oxygen atoms in total. The smallest absolute Gasteiger partial charge is 0.303 e. The van der Waals surface area contributed by atoms with Crippen LogP contribution >= 0.6 is 0 Å². The fourth-order valence-corrected chi connectivity index (χ4v) is 5.87. The van der Waals surface area contributed by atoms with Crippen LogP contribution in [0.5, 0.6) is 0 Å². The molecule has 0 aliphatic heterocycles. The molecule has 66 heavy (non-hydrogen) atoms. The number of aliphatic hydroxyl groups is 2. The van der Waals surface area contributed by atoms with Crippen molar-refractivity contribution in [2.75, 3.05) is 205 Å². The minimum Gasteiger partial charge on any atom is -0.481 e. The molecule has 0 saturated heterocycles. The second kappa shape index (κ2) is 59.9. The van der Waals surface area contributed by atoms with Crippen molar-refractivity contribution in [3.8, 4) is 0 Å². The van der Waals surface area contributed by atoms with Crippen LogP contribution in [0.15, 0.2) is 0 Å². The lowest BCUT2D eigenvalue weighted by molar-refractivity contribution is -0.137. The van der Waals surface area contributed by atoms with Crippen molar-refractivity contribution in [3.63, 3.8) is 0 Å². The lowest BCUT2D eigenvalue weighted by atomic mass is 10.0. The van der Waals surface area contributed by atoms with Crippen LogP contribution in [0.2, 0.25) is 0 Å². The summed E-state index contributed by atoms with van der Waals surface area (Å²) >= 11 is 0. The first-order valence-electron chi connectivity index (χ1n) is 24.8. The quantitative estimate of drug-likeness (QED) is 0.0731. The third-order valence-electron chi connectivity index (χ3n) is 9.45. The molecule has 0 amide bonds. The number of ether oxygens (including phenoxy) is 15. The molecule has 1 atom stereocenters. The van der Waals surface area contributed by atoms with Crippen molar-refractivity contribution in [2.45, 2.75) is 96.0 Å². The van der Waals surface area contributed by atoms with Crippen LogP contribution in [-0.2, 0) is 75.8 Å². The van der Waals surface area contributed by atoms with Gasteiger partial charge in [-0.3, -0.25) is 4.79 Å². The van der Waals surface area contributed by atoms with Crippen LogP contribution < -0.4 is 0 Å². The third kappa shape index (κ3) is 60.8. The summed E-state index contributed by atoms with van der Waals surface area (Å²) in [4.78, 5) is 10.5. The Bertz CT molecular complexity index is 896. The largest absolute Gasteiger partial charge is 0.481 e. The van der Waals surface area contributed by atoms with Crippen LogP contribution in [0.25, 0.3) is 0 Å². The van der Waals surface area contributed by atoms with Gasteiger partial charge in [0.15, 0.2) is 0 Å². The molecule has 0 aromatic carbocycles. The molecule has 0 aromatic heterocycles. The Hall–Kier alpha value is -1.21. The van der Waals surface area contributed by atoms with Crippen LogP contribution in [0, 0.1) is 0 Å². The van der Waals surface area contributed by atoms with Crippen molar-refractivity contribution in [3.05, 3.63) is 0 Å². The van der Waals surface area contributed by atoms with Crippen molar-refractivity contribution in [1.82, 2.24) is 0 Å². The van der Waals surface area contributed by atoms with Gasteiger partial charge < -0.3 is 86.4 Å². The molecule has 1 unspecified atom stereocenters. The number of hydrogen-bond acceptors (Lipinski definition) is 18. The summed E-state index contributed by atoms with van der Waals surface area (Å²) in [6.45, 7) is 15.1. The van der Waals surface area contributed by atoms with E-state index in [0.29, 0.717) is 192 Å². The van der Waals surface area contributed by atoms with E-state index in [1.807, 2.05) is 0 Å². The van der Waals surface area contributed by atoms with E-state index >= 15 is 0 Å². The normalized spacial score (nSPS) is 12.2. The van der Waals surface area contributed by atoms with Gasteiger partial charge in [0, 0.05) is 13.0 Å². The van der Waals surface area contributed by atoms with E-state index in [2.05, 4.69) is 0 Å². The van der Waals surface area contributed by atoms with E-state index in [0.717, 1.165) is 83.7 Å². The number of hydrogen-bond donors (Lipinski definition) is 3. The summed E-state index contributed by atoms with van der Waals surface area (Å²) in [5.74, 6) is -0.704. The van der Waals surface area contributed by atoms with E-state index in [9.17, 15) is 9.90 Å². The SMILES string of the molecule is O=C(O)CCCCCCCCCC(O)CCCCCCOCCOCCOCCOCCOCCOCCOCCOCCOCCOCCOCCOCCOCCOCCOCCO. The summed E-state index contributed by atoms with van der Waals surface area (Å²) in [6, 6.07) is 0. The van der Waals surface area contributed by atoms with Gasteiger partial charge in [0.1, 0.15) is 0 Å². The number of carbonyl (C=O) groups is 1. The van der Waals surface area contributed by atoms with Crippen molar-refractivity contribution < 1.29 is 91.2 Å². The fourth-order valence-electron chi connectivity index (χ4n) is 5.87. The van der Waals surface area contributed by atoms with Gasteiger partial charge in [-0.25, -0.2) is 0 Å². The number of unbranched alkanes of at least 4 members (excludes halogenated alkanes) is 9. The number of aliphatic hydroxyl groups excluding tert-OH is 2. The van der Waals surface area contributed by atoms with E-state index in [-0.39, 0.29) is 19.1 Å². The van der Waals surface area contributed by atoms with E-state index < -0.39 is 5.97 Å². The molecule has 0 aliphatic carbocycles. The molecular weight excluding hydrogens is 868 g/mol. The Labute approximate surface area is 397 Å². The van der Waals surface area contributed by atoms with E-state index in [1.54, 1.807) is 0 Å². The molecule has 396 valence electrons. The minimum absolute atomic E-state index is 0.0197. The predicted octanol–water partition coefficient (Wildman–Crippen LogP) is 4.13. The molecule has 0 aromatic rings. The Kier molecular flexibility index (Phi) is 58.8. The molecule has 3 N–H and O–H groups in total. The zero-order valence-corrected chi connectivity index (χ0v) is 40.8. The molecular formula is C47H94O19. The predicted molar refractivity (Wildman–Crippen MR) is 248 cm³/mol. The summed E-state index contributed by atoms with van der Waals surface area (Å²) in [5, 5.41) is 27.4. The van der Waals surface area contributed by atoms with Gasteiger partial charge >= 0.3 is 5.97 Å². The highest BCUT2D eigenvalue weighted by Crippen LogP contribution is 2.14. The number of carboxylic acid groups (broad SMARTS) is 1. The maximum atomic E-state index is 10.5. The first-order chi connectivity index (χ1) is 32.7. The van der Waals surface area contributed by atoms with Gasteiger partial charge in [0.2, 0.25) is 0 Å². The second-order valence-electron chi connectivity index (χ2n) is 15.2. The standard InChI is InChI=1S/C47H94O19/c48-15-17-53-19-21-55-23-25-57-27-29-59-31-33-61-35-37-63-39-41-65-43-45-66-44-42-64-40-38-62-36-34-60-32-30-58-28-26-56-24-22-54-20-18-52-16-11-7-6-9-13-46(49)12-8-4-2-1-3-5-10-14-47(50)51/h46,48-49H,1-45H2,(H,50,51). The minimum atomic E-state index is -0.704. The average molecular weight is 963 g/mol. The number of carboxylic acids is 1. The Morgan fingerprint density at radius 3 is 0.712 bits per heavy atom. The molecule has 0 radical (unpaired) electrons. The Balaban J connectivity index is 3.11. The van der Waals surface area contributed by atoms with E-state index in [4.69, 9.17) is 81.3 Å². The highest BCUT2D eigenvalue weighted by Gasteiger charge is 2.05. The lowest BCUT2D eigenvalue weighted by Gasteiger charge is -2.10. The Morgan fingerprint density at radius 1 is 0.273 bits per heavy atom. The molecule has 0 bridgehead atoms. The van der Waals surface area contributed by atoms with Gasteiger partial charge in [0.25, 0.3) is 0 Å². The van der Waals surface area contributed by atoms with Crippen molar-refractivity contribution in [1.29, 1.82) is 0 Å². The van der Waals surface area contributed by atoms with Crippen LogP contribution in [0.4, 0.5) is 0 Å². The van der Waals surface area contributed by atoms with Gasteiger partial charge in [-0.15, -0.1) is 0 Å². The zero-order chi connectivity index (χ0) is 47.6. The van der Waals surface area contributed by atoms with Gasteiger partial charge in [-0.05, 0) is 25.7 Å². The first-order valence-corrected chi connectivity index (χ1v) is 24.8. The summed E-state index contributed by atoms with van der Waals surface area (Å²) in [7, 11) is 0. The fraction of sp³-hybridized carbons (Fsp3) is 0.979. The molecule has 0 fully saturated rings. The van der Waals surface area contributed by atoms with E-state index in [1.165, 1.54) is 6.42 Å².